The van der Waals surface area contributed by atoms with E-state index in [0.717, 1.165) is 0 Å². The lowest BCUT2D eigenvalue weighted by Gasteiger charge is -2.10. The fourth-order valence-electron chi connectivity index (χ4n) is 1.60. The number of benzene rings is 1. The van der Waals surface area contributed by atoms with Crippen molar-refractivity contribution in [1.82, 2.24) is 9.97 Å². The van der Waals surface area contributed by atoms with Crippen LogP contribution < -0.4 is 27.1 Å². The van der Waals surface area contributed by atoms with Gasteiger partial charge in [0.25, 0.3) is 0 Å². The molecule has 0 amide bonds. The average molecular weight is 278 g/mol. The van der Waals surface area contributed by atoms with Crippen LogP contribution in [-0.2, 0) is 0 Å². The second kappa shape index (κ2) is 6.02. The molecule has 2 rings (SSSR count). The first kappa shape index (κ1) is 13.8. The normalized spacial score (nSPS) is 10.2. The molecule has 0 aliphatic rings. The van der Waals surface area contributed by atoms with Crippen LogP contribution in [0.1, 0.15) is 6.92 Å². The summed E-state index contributed by atoms with van der Waals surface area (Å²) >= 11 is 0. The monoisotopic (exact) mass is 278 g/mol. The molecule has 0 unspecified atom stereocenters. The highest BCUT2D eigenvalue weighted by molar-refractivity contribution is 5.61. The molecule has 2 aromatic rings. The summed E-state index contributed by atoms with van der Waals surface area (Å²) in [5.74, 6) is 5.80. The molecule has 0 aliphatic carbocycles. The average Bonchev–Trinajstić information content (AvgIpc) is 2.41. The maximum atomic E-state index is 13.7. The molecule has 8 heteroatoms. The van der Waals surface area contributed by atoms with Gasteiger partial charge in [-0.2, -0.15) is 9.97 Å². The summed E-state index contributed by atoms with van der Waals surface area (Å²) in [6.45, 7) is 2.19. The highest BCUT2D eigenvalue weighted by Gasteiger charge is 2.06. The maximum Gasteiger partial charge on any atom is 0.223 e. The lowest BCUT2D eigenvalue weighted by Crippen LogP contribution is -2.11. The third kappa shape index (κ3) is 3.23. The second-order valence-corrected chi connectivity index (χ2v) is 3.84. The zero-order chi connectivity index (χ0) is 14.5. The Morgan fingerprint density at radius 2 is 2.00 bits per heavy atom. The smallest absolute Gasteiger partial charge is 0.223 e. The molecule has 0 fully saturated rings. The lowest BCUT2D eigenvalue weighted by molar-refractivity contribution is 0.321. The molecule has 1 aromatic heterocycles. The van der Waals surface area contributed by atoms with Crippen molar-refractivity contribution in [3.8, 4) is 5.75 Å². The van der Waals surface area contributed by atoms with Crippen LogP contribution in [0.25, 0.3) is 0 Å². The maximum absolute atomic E-state index is 13.7. The first-order valence-corrected chi connectivity index (χ1v) is 5.93. The molecule has 7 nitrogen and oxygen atoms in total. The van der Waals surface area contributed by atoms with Crippen molar-refractivity contribution in [2.24, 2.45) is 5.84 Å². The molecule has 0 spiro atoms. The van der Waals surface area contributed by atoms with Crippen molar-refractivity contribution >= 4 is 23.3 Å². The van der Waals surface area contributed by atoms with Crippen molar-refractivity contribution in [3.05, 3.63) is 30.1 Å². The summed E-state index contributed by atoms with van der Waals surface area (Å²) in [4.78, 5) is 7.82. The fraction of sp³-hybridized carbons (Fsp3) is 0.167. The second-order valence-electron chi connectivity index (χ2n) is 3.84. The molecular formula is C12H15FN6O. The molecule has 0 radical (unpaired) electrons. The Labute approximate surface area is 115 Å². The van der Waals surface area contributed by atoms with E-state index < -0.39 is 5.82 Å². The van der Waals surface area contributed by atoms with E-state index in [2.05, 4.69) is 20.7 Å². The SMILES string of the molecule is CCOc1ccc(Nc2cc(NN)nc(N)n2)cc1F. The van der Waals surface area contributed by atoms with Crippen LogP contribution in [0.3, 0.4) is 0 Å². The Morgan fingerprint density at radius 3 is 2.65 bits per heavy atom. The number of nitrogens with one attached hydrogen (secondary N) is 2. The van der Waals surface area contributed by atoms with Gasteiger partial charge in [-0.1, -0.05) is 0 Å². The number of hydrogen-bond donors (Lipinski definition) is 4. The van der Waals surface area contributed by atoms with Gasteiger partial charge in [-0.25, -0.2) is 10.2 Å². The van der Waals surface area contributed by atoms with E-state index in [1.54, 1.807) is 19.1 Å². The van der Waals surface area contributed by atoms with Crippen molar-refractivity contribution in [2.75, 3.05) is 23.1 Å². The van der Waals surface area contributed by atoms with Gasteiger partial charge in [-0.15, -0.1) is 0 Å². The predicted octanol–water partition coefficient (Wildman–Crippen LogP) is 1.63. The Morgan fingerprint density at radius 1 is 1.25 bits per heavy atom. The van der Waals surface area contributed by atoms with Crippen LogP contribution in [0.2, 0.25) is 0 Å². The minimum Gasteiger partial charge on any atom is -0.491 e. The number of ether oxygens (including phenoxy) is 1. The topological polar surface area (TPSA) is 111 Å². The van der Waals surface area contributed by atoms with Gasteiger partial charge in [0.2, 0.25) is 5.95 Å². The molecule has 1 heterocycles. The zero-order valence-electron chi connectivity index (χ0n) is 10.9. The summed E-state index contributed by atoms with van der Waals surface area (Å²) in [6.07, 6.45) is 0. The van der Waals surface area contributed by atoms with Crippen LogP contribution in [0.5, 0.6) is 5.75 Å². The van der Waals surface area contributed by atoms with Gasteiger partial charge < -0.3 is 21.2 Å². The van der Waals surface area contributed by atoms with Crippen LogP contribution >= 0.6 is 0 Å². The van der Waals surface area contributed by atoms with E-state index in [0.29, 0.717) is 23.9 Å². The molecule has 0 saturated carbocycles. The van der Waals surface area contributed by atoms with Gasteiger partial charge in [0.05, 0.1) is 6.61 Å². The Balaban J connectivity index is 2.21. The van der Waals surface area contributed by atoms with E-state index in [-0.39, 0.29) is 11.7 Å². The summed E-state index contributed by atoms with van der Waals surface area (Å²) in [5.41, 5.74) is 8.40. The minimum absolute atomic E-state index is 0.0503. The van der Waals surface area contributed by atoms with Gasteiger partial charge in [-0.05, 0) is 19.1 Å². The fourth-order valence-corrected chi connectivity index (χ4v) is 1.60. The van der Waals surface area contributed by atoms with Gasteiger partial charge >= 0.3 is 0 Å². The van der Waals surface area contributed by atoms with E-state index in [9.17, 15) is 4.39 Å². The summed E-state index contributed by atoms with van der Waals surface area (Å²) in [6, 6.07) is 6.05. The van der Waals surface area contributed by atoms with Crippen LogP contribution in [0.4, 0.5) is 27.7 Å². The summed E-state index contributed by atoms with van der Waals surface area (Å²) < 4.78 is 18.8. The third-order valence-electron chi connectivity index (χ3n) is 2.40. The molecule has 1 aromatic carbocycles. The van der Waals surface area contributed by atoms with Crippen molar-refractivity contribution in [2.45, 2.75) is 6.92 Å². The number of hydrogen-bond acceptors (Lipinski definition) is 7. The summed E-state index contributed by atoms with van der Waals surface area (Å²) in [7, 11) is 0. The number of nitrogens with zero attached hydrogens (tertiary/aromatic N) is 2. The molecule has 20 heavy (non-hydrogen) atoms. The molecule has 106 valence electrons. The van der Waals surface area contributed by atoms with Crippen LogP contribution in [0, 0.1) is 5.82 Å². The molecule has 0 atom stereocenters. The van der Waals surface area contributed by atoms with Gasteiger partial charge in [0.1, 0.15) is 11.6 Å². The first-order chi connectivity index (χ1) is 9.62. The number of anilines is 4. The lowest BCUT2D eigenvalue weighted by atomic mass is 10.3. The number of nitrogens with two attached hydrogens (primary N) is 2. The third-order valence-corrected chi connectivity index (χ3v) is 2.40. The minimum atomic E-state index is -0.462. The number of aromatic nitrogens is 2. The molecule has 6 N–H and O–H groups in total. The first-order valence-electron chi connectivity index (χ1n) is 5.93. The quantitative estimate of drug-likeness (QED) is 0.486. The van der Waals surface area contributed by atoms with Gasteiger partial charge in [0, 0.05) is 17.8 Å². The standard InChI is InChI=1S/C12H15FN6O/c1-2-20-9-4-3-7(5-8(9)13)16-10-6-11(19-15)18-12(14)17-10/h3-6H,2,15H2,1H3,(H4,14,16,17,18,19). The van der Waals surface area contributed by atoms with E-state index in [1.807, 2.05) is 0 Å². The van der Waals surface area contributed by atoms with Crippen molar-refractivity contribution in [1.29, 1.82) is 0 Å². The molecule has 0 aliphatic heterocycles. The summed E-state index contributed by atoms with van der Waals surface area (Å²) in [5, 5.41) is 2.91. The largest absolute Gasteiger partial charge is 0.491 e. The number of hydrazine groups is 1. The number of rotatable bonds is 5. The molecule has 0 bridgehead atoms. The van der Waals surface area contributed by atoms with E-state index in [4.69, 9.17) is 16.3 Å². The van der Waals surface area contributed by atoms with Crippen molar-refractivity contribution in [3.63, 3.8) is 0 Å². The zero-order valence-corrected chi connectivity index (χ0v) is 10.9. The van der Waals surface area contributed by atoms with Crippen LogP contribution in [-0.4, -0.2) is 16.6 Å². The van der Waals surface area contributed by atoms with E-state index >= 15 is 0 Å². The Bertz CT molecular complexity index is 606. The van der Waals surface area contributed by atoms with Crippen LogP contribution in [0.15, 0.2) is 24.3 Å². The van der Waals surface area contributed by atoms with Gasteiger partial charge in [0.15, 0.2) is 11.6 Å². The van der Waals surface area contributed by atoms with Crippen molar-refractivity contribution < 1.29 is 9.13 Å². The Kier molecular flexibility index (Phi) is 4.16. The predicted molar refractivity (Wildman–Crippen MR) is 75.1 cm³/mol. The highest BCUT2D eigenvalue weighted by atomic mass is 19.1. The molecule has 0 saturated heterocycles. The Hall–Kier alpha value is -2.61. The van der Waals surface area contributed by atoms with Gasteiger partial charge in [-0.3, -0.25) is 0 Å². The highest BCUT2D eigenvalue weighted by Crippen LogP contribution is 2.24. The number of nitrogen functional groups attached to an aromatic ring is 2. The van der Waals surface area contributed by atoms with E-state index in [1.165, 1.54) is 12.1 Å². The number of halogens is 1. The molecular weight excluding hydrogens is 263 g/mol.